The maximum absolute atomic E-state index is 4.46. The quantitative estimate of drug-likeness (QED) is 0.805. The number of fused-ring (bicyclic) bond motifs is 1. The van der Waals surface area contributed by atoms with E-state index >= 15 is 0 Å². The molecule has 0 bridgehead atoms. The molecule has 1 aliphatic carbocycles. The maximum atomic E-state index is 4.46. The van der Waals surface area contributed by atoms with E-state index in [2.05, 4.69) is 35.9 Å². The first-order valence-corrected chi connectivity index (χ1v) is 5.79. The third kappa shape index (κ3) is 1.81. The third-order valence-electron chi connectivity index (χ3n) is 3.41. The van der Waals surface area contributed by atoms with Gasteiger partial charge >= 0.3 is 0 Å². The van der Waals surface area contributed by atoms with Gasteiger partial charge in [-0.3, -0.25) is 4.68 Å². The normalized spacial score (nSPS) is 23.9. The topological polar surface area (TPSA) is 29.9 Å². The van der Waals surface area contributed by atoms with E-state index in [9.17, 15) is 0 Å². The van der Waals surface area contributed by atoms with Crippen molar-refractivity contribution in [3.63, 3.8) is 0 Å². The molecule has 0 aliphatic heterocycles. The van der Waals surface area contributed by atoms with Crippen molar-refractivity contribution in [1.29, 1.82) is 0 Å². The lowest BCUT2D eigenvalue weighted by Gasteiger charge is -2.35. The minimum absolute atomic E-state index is 0.383. The summed E-state index contributed by atoms with van der Waals surface area (Å²) in [7, 11) is 2.04. The summed E-state index contributed by atoms with van der Waals surface area (Å²) in [4.78, 5) is 0. The molecule has 1 atom stereocenters. The fraction of sp³-hybridized carbons (Fsp3) is 0.750. The van der Waals surface area contributed by atoms with Crippen molar-refractivity contribution < 1.29 is 0 Å². The Labute approximate surface area is 91.9 Å². The Hall–Kier alpha value is -0.830. The van der Waals surface area contributed by atoms with Gasteiger partial charge in [0, 0.05) is 23.8 Å². The van der Waals surface area contributed by atoms with Crippen LogP contribution in [-0.4, -0.2) is 16.8 Å². The number of hydrogen-bond acceptors (Lipinski definition) is 2. The maximum Gasteiger partial charge on any atom is 0.0540 e. The van der Waals surface area contributed by atoms with E-state index < -0.39 is 0 Å². The minimum Gasteiger partial charge on any atom is -0.313 e. The van der Waals surface area contributed by atoms with Crippen LogP contribution in [0.15, 0.2) is 6.20 Å². The minimum atomic E-state index is 0.383. The number of aryl methyl sites for hydroxylation is 1. The van der Waals surface area contributed by atoms with Gasteiger partial charge in [0.05, 0.1) is 6.20 Å². The highest BCUT2D eigenvalue weighted by atomic mass is 15.3. The third-order valence-corrected chi connectivity index (χ3v) is 3.41. The molecule has 0 amide bonds. The fourth-order valence-corrected chi connectivity index (χ4v) is 2.63. The molecule has 1 aromatic heterocycles. The molecule has 3 nitrogen and oxygen atoms in total. The smallest absolute Gasteiger partial charge is 0.0540 e. The number of aromatic nitrogens is 2. The number of nitrogens with zero attached hydrogens (tertiary/aromatic N) is 2. The van der Waals surface area contributed by atoms with Gasteiger partial charge in [0.2, 0.25) is 0 Å². The van der Waals surface area contributed by atoms with Crippen LogP contribution in [0.25, 0.3) is 0 Å². The van der Waals surface area contributed by atoms with Gasteiger partial charge in [-0.25, -0.2) is 0 Å². The fourth-order valence-electron chi connectivity index (χ4n) is 2.63. The van der Waals surface area contributed by atoms with Crippen molar-refractivity contribution in [3.8, 4) is 0 Å². The second-order valence-corrected chi connectivity index (χ2v) is 5.25. The van der Waals surface area contributed by atoms with E-state index in [0.717, 1.165) is 13.0 Å². The van der Waals surface area contributed by atoms with E-state index in [0.29, 0.717) is 11.5 Å². The molecular formula is C12H21N3. The van der Waals surface area contributed by atoms with E-state index in [4.69, 9.17) is 0 Å². The molecule has 1 aliphatic rings. The first-order chi connectivity index (χ1) is 7.07. The van der Waals surface area contributed by atoms with Gasteiger partial charge in [0.1, 0.15) is 0 Å². The van der Waals surface area contributed by atoms with E-state index in [1.54, 1.807) is 0 Å². The lowest BCUT2D eigenvalue weighted by molar-refractivity contribution is 0.257. The van der Waals surface area contributed by atoms with Gasteiger partial charge in [-0.1, -0.05) is 13.8 Å². The van der Waals surface area contributed by atoms with Crippen molar-refractivity contribution in [2.45, 2.75) is 46.2 Å². The summed E-state index contributed by atoms with van der Waals surface area (Å²) in [6, 6.07) is 0.476. The predicted octanol–water partition coefficient (Wildman–Crippen LogP) is 2.14. The van der Waals surface area contributed by atoms with Crippen LogP contribution in [-0.2, 0) is 13.0 Å². The van der Waals surface area contributed by atoms with E-state index in [1.807, 2.05) is 13.2 Å². The highest BCUT2D eigenvalue weighted by Gasteiger charge is 2.33. The van der Waals surface area contributed by atoms with Crippen molar-refractivity contribution >= 4 is 0 Å². The van der Waals surface area contributed by atoms with Crippen LogP contribution >= 0.6 is 0 Å². The van der Waals surface area contributed by atoms with Crippen LogP contribution in [0.5, 0.6) is 0 Å². The summed E-state index contributed by atoms with van der Waals surface area (Å²) in [5, 5.41) is 7.86. The summed E-state index contributed by atoms with van der Waals surface area (Å²) in [6.07, 6.45) is 4.38. The largest absolute Gasteiger partial charge is 0.313 e. The summed E-state index contributed by atoms with van der Waals surface area (Å²) in [5.41, 5.74) is 3.21. The van der Waals surface area contributed by atoms with E-state index in [-0.39, 0.29) is 0 Å². The molecule has 15 heavy (non-hydrogen) atoms. The molecule has 1 aromatic rings. The summed E-state index contributed by atoms with van der Waals surface area (Å²) in [5.74, 6) is 0. The van der Waals surface area contributed by atoms with Crippen LogP contribution in [0.3, 0.4) is 0 Å². The molecule has 1 unspecified atom stereocenters. The van der Waals surface area contributed by atoms with Crippen LogP contribution in [0.1, 0.15) is 44.5 Å². The van der Waals surface area contributed by atoms with Crippen molar-refractivity contribution in [3.05, 3.63) is 17.5 Å². The van der Waals surface area contributed by atoms with Crippen LogP contribution in [0, 0.1) is 5.41 Å². The summed E-state index contributed by atoms with van der Waals surface area (Å²) in [6.45, 7) is 7.81. The Morgan fingerprint density at radius 3 is 2.93 bits per heavy atom. The zero-order chi connectivity index (χ0) is 11.1. The van der Waals surface area contributed by atoms with Gasteiger partial charge in [0.25, 0.3) is 0 Å². The highest BCUT2D eigenvalue weighted by molar-refractivity contribution is 5.26. The molecule has 2 rings (SSSR count). The second-order valence-electron chi connectivity index (χ2n) is 5.25. The SMILES string of the molecule is CCn1ncc2c1CC(C)(C)CC2NC. The molecule has 0 saturated carbocycles. The lowest BCUT2D eigenvalue weighted by atomic mass is 9.74. The Bertz CT molecular complexity index is 352. The Balaban J connectivity index is 2.42. The molecule has 3 heteroatoms. The first kappa shape index (κ1) is 10.7. The van der Waals surface area contributed by atoms with Crippen LogP contribution in [0.4, 0.5) is 0 Å². The molecule has 0 fully saturated rings. The molecule has 0 aromatic carbocycles. The predicted molar refractivity (Wildman–Crippen MR) is 61.8 cm³/mol. The van der Waals surface area contributed by atoms with Gasteiger partial charge in [-0.15, -0.1) is 0 Å². The number of nitrogens with one attached hydrogen (secondary N) is 1. The van der Waals surface area contributed by atoms with E-state index in [1.165, 1.54) is 17.7 Å². The first-order valence-electron chi connectivity index (χ1n) is 5.79. The van der Waals surface area contributed by atoms with Crippen molar-refractivity contribution in [2.75, 3.05) is 7.05 Å². The van der Waals surface area contributed by atoms with Crippen LogP contribution in [0.2, 0.25) is 0 Å². The Morgan fingerprint density at radius 1 is 1.60 bits per heavy atom. The summed E-state index contributed by atoms with van der Waals surface area (Å²) < 4.78 is 2.14. The van der Waals surface area contributed by atoms with Gasteiger partial charge in [-0.2, -0.15) is 5.10 Å². The highest BCUT2D eigenvalue weighted by Crippen LogP contribution is 2.40. The van der Waals surface area contributed by atoms with Crippen molar-refractivity contribution in [1.82, 2.24) is 15.1 Å². The molecule has 84 valence electrons. The number of hydrogen-bond donors (Lipinski definition) is 1. The summed E-state index contributed by atoms with van der Waals surface area (Å²) >= 11 is 0. The standard InChI is InChI=1S/C12H21N3/c1-5-15-11-7-12(2,3)6-10(13-4)9(11)8-14-15/h8,10,13H,5-7H2,1-4H3. The molecule has 1 heterocycles. The Morgan fingerprint density at radius 2 is 2.33 bits per heavy atom. The average molecular weight is 207 g/mol. The van der Waals surface area contributed by atoms with Gasteiger partial charge < -0.3 is 5.32 Å². The molecule has 1 N–H and O–H groups in total. The second kappa shape index (κ2) is 3.63. The van der Waals surface area contributed by atoms with Crippen LogP contribution < -0.4 is 5.32 Å². The van der Waals surface area contributed by atoms with Gasteiger partial charge in [-0.05, 0) is 32.2 Å². The number of rotatable bonds is 2. The average Bonchev–Trinajstić information content (AvgIpc) is 2.57. The van der Waals surface area contributed by atoms with Gasteiger partial charge in [0.15, 0.2) is 0 Å². The monoisotopic (exact) mass is 207 g/mol. The molecule has 0 spiro atoms. The zero-order valence-electron chi connectivity index (χ0n) is 10.2. The Kier molecular flexibility index (Phi) is 2.59. The lowest BCUT2D eigenvalue weighted by Crippen LogP contribution is -2.32. The molecule has 0 radical (unpaired) electrons. The zero-order valence-corrected chi connectivity index (χ0v) is 10.2. The van der Waals surface area contributed by atoms with Crippen molar-refractivity contribution in [2.24, 2.45) is 5.41 Å². The molecular weight excluding hydrogens is 186 g/mol. The molecule has 0 saturated heterocycles.